The monoisotopic (exact) mass is 369 g/mol. The second-order valence-corrected chi connectivity index (χ2v) is 7.24. The minimum Gasteiger partial charge on any atom is -0.494 e. The van der Waals surface area contributed by atoms with E-state index in [4.69, 9.17) is 9.26 Å². The zero-order valence-electron chi connectivity index (χ0n) is 16.0. The smallest absolute Gasteiger partial charge is 0.321 e. The first-order chi connectivity index (χ1) is 13.1. The number of anilines is 1. The van der Waals surface area contributed by atoms with Gasteiger partial charge in [-0.05, 0) is 42.9 Å². The van der Waals surface area contributed by atoms with Crippen molar-refractivity contribution in [2.75, 3.05) is 25.0 Å². The fraction of sp³-hybridized carbons (Fsp3) is 0.429. The predicted molar refractivity (Wildman–Crippen MR) is 106 cm³/mol. The van der Waals surface area contributed by atoms with Crippen molar-refractivity contribution in [1.82, 2.24) is 10.1 Å². The van der Waals surface area contributed by atoms with Crippen molar-refractivity contribution in [2.45, 2.75) is 33.1 Å². The van der Waals surface area contributed by atoms with Crippen molar-refractivity contribution in [3.8, 4) is 5.75 Å². The Bertz CT molecular complexity index is 759. The molecule has 0 atom stereocenters. The van der Waals surface area contributed by atoms with E-state index in [0.717, 1.165) is 37.2 Å². The molecule has 6 heteroatoms. The summed E-state index contributed by atoms with van der Waals surface area (Å²) in [6.45, 7) is 6.54. The average molecular weight is 369 g/mol. The Morgan fingerprint density at radius 1 is 1.37 bits per heavy atom. The number of nitrogens with one attached hydrogen (secondary N) is 1. The Morgan fingerprint density at radius 3 is 2.89 bits per heavy atom. The van der Waals surface area contributed by atoms with Gasteiger partial charge in [0.25, 0.3) is 0 Å². The maximum atomic E-state index is 12.2. The topological polar surface area (TPSA) is 67.6 Å². The minimum absolute atomic E-state index is 0.113. The predicted octanol–water partition coefficient (Wildman–Crippen LogP) is 4.81. The van der Waals surface area contributed by atoms with Gasteiger partial charge < -0.3 is 19.5 Å². The number of piperidine rings is 1. The van der Waals surface area contributed by atoms with Crippen LogP contribution >= 0.6 is 0 Å². The van der Waals surface area contributed by atoms with Gasteiger partial charge in [0.2, 0.25) is 0 Å². The molecule has 1 aliphatic rings. The Hall–Kier alpha value is -2.76. The summed E-state index contributed by atoms with van der Waals surface area (Å²) in [7, 11) is 0. The van der Waals surface area contributed by atoms with E-state index in [1.165, 1.54) is 18.0 Å². The van der Waals surface area contributed by atoms with Crippen molar-refractivity contribution < 1.29 is 14.1 Å². The number of carbonyl (C=O) groups excluding carboxylic acids is 1. The first kappa shape index (κ1) is 19.0. The van der Waals surface area contributed by atoms with E-state index in [9.17, 15) is 4.79 Å². The lowest BCUT2D eigenvalue weighted by Gasteiger charge is -2.28. The summed E-state index contributed by atoms with van der Waals surface area (Å²) in [5.74, 6) is 1.55. The van der Waals surface area contributed by atoms with E-state index in [1.54, 1.807) is 0 Å². The van der Waals surface area contributed by atoms with Gasteiger partial charge in [0.1, 0.15) is 17.7 Å². The Balaban J connectivity index is 1.51. The number of ether oxygens (including phenoxy) is 1. The van der Waals surface area contributed by atoms with E-state index < -0.39 is 0 Å². The molecule has 0 radical (unpaired) electrons. The molecule has 27 heavy (non-hydrogen) atoms. The highest BCUT2D eigenvalue weighted by molar-refractivity contribution is 5.89. The fourth-order valence-corrected chi connectivity index (χ4v) is 2.95. The van der Waals surface area contributed by atoms with Crippen LogP contribution in [0.4, 0.5) is 10.5 Å². The van der Waals surface area contributed by atoms with Crippen molar-refractivity contribution >= 4 is 17.8 Å². The maximum Gasteiger partial charge on any atom is 0.321 e. The molecule has 0 saturated carbocycles. The molecule has 1 N–H and O–H groups in total. The van der Waals surface area contributed by atoms with Crippen LogP contribution in [0.25, 0.3) is 6.08 Å². The molecule has 0 spiro atoms. The van der Waals surface area contributed by atoms with Gasteiger partial charge in [-0.3, -0.25) is 0 Å². The molecular formula is C21H27N3O3. The van der Waals surface area contributed by atoms with Crippen LogP contribution in [0.3, 0.4) is 0 Å². The number of amides is 2. The Morgan fingerprint density at radius 2 is 2.19 bits per heavy atom. The molecule has 1 aromatic heterocycles. The fourth-order valence-electron chi connectivity index (χ4n) is 2.95. The SMILES string of the molecule is CC(C)CCOc1cccc(C=C2CCN(C(=O)Nc3cnoc3)CC2)c1. The number of carbonyl (C=O) groups is 1. The highest BCUT2D eigenvalue weighted by Crippen LogP contribution is 2.22. The minimum atomic E-state index is -0.113. The van der Waals surface area contributed by atoms with Crippen molar-refractivity contribution in [1.29, 1.82) is 0 Å². The molecule has 0 aliphatic carbocycles. The van der Waals surface area contributed by atoms with Gasteiger partial charge in [-0.25, -0.2) is 4.79 Å². The van der Waals surface area contributed by atoms with Crippen LogP contribution in [-0.4, -0.2) is 35.8 Å². The van der Waals surface area contributed by atoms with E-state index in [-0.39, 0.29) is 6.03 Å². The standard InChI is InChI=1S/C21H27N3O3/c1-16(2)8-11-26-20-5-3-4-18(13-20)12-17-6-9-24(10-7-17)21(25)23-19-14-22-27-15-19/h3-5,12-16H,6-11H2,1-2H3,(H,23,25). The normalized spacial score (nSPS) is 14.3. The zero-order valence-corrected chi connectivity index (χ0v) is 16.0. The molecule has 0 unspecified atom stereocenters. The van der Waals surface area contributed by atoms with Gasteiger partial charge in [-0.2, -0.15) is 0 Å². The molecule has 2 heterocycles. The van der Waals surface area contributed by atoms with Crippen LogP contribution in [0, 0.1) is 5.92 Å². The van der Waals surface area contributed by atoms with Crippen LogP contribution < -0.4 is 10.1 Å². The first-order valence-corrected chi connectivity index (χ1v) is 9.48. The zero-order chi connectivity index (χ0) is 19.1. The summed E-state index contributed by atoms with van der Waals surface area (Å²) in [6, 6.07) is 8.09. The third-order valence-corrected chi connectivity index (χ3v) is 4.57. The summed E-state index contributed by atoms with van der Waals surface area (Å²) in [5.41, 5.74) is 3.08. The van der Waals surface area contributed by atoms with Gasteiger partial charge in [0.15, 0.2) is 0 Å². The molecule has 0 bridgehead atoms. The molecule has 2 amide bonds. The Labute approximate surface area is 160 Å². The highest BCUT2D eigenvalue weighted by Gasteiger charge is 2.19. The molecule has 3 rings (SSSR count). The van der Waals surface area contributed by atoms with Gasteiger partial charge in [-0.1, -0.05) is 42.8 Å². The van der Waals surface area contributed by atoms with Gasteiger partial charge >= 0.3 is 6.03 Å². The highest BCUT2D eigenvalue weighted by atomic mass is 16.5. The van der Waals surface area contributed by atoms with Crippen molar-refractivity contribution in [3.05, 3.63) is 47.9 Å². The second-order valence-electron chi connectivity index (χ2n) is 7.24. The Kier molecular flexibility index (Phi) is 6.52. The lowest BCUT2D eigenvalue weighted by atomic mass is 10.0. The number of aromatic nitrogens is 1. The van der Waals surface area contributed by atoms with Crippen LogP contribution in [-0.2, 0) is 0 Å². The number of hydrogen-bond donors (Lipinski definition) is 1. The van der Waals surface area contributed by atoms with Crippen LogP contribution in [0.2, 0.25) is 0 Å². The first-order valence-electron chi connectivity index (χ1n) is 9.48. The molecule has 6 nitrogen and oxygen atoms in total. The summed E-state index contributed by atoms with van der Waals surface area (Å²) < 4.78 is 10.6. The summed E-state index contributed by atoms with van der Waals surface area (Å²) in [6.07, 6.45) is 7.92. The molecule has 1 fully saturated rings. The third-order valence-electron chi connectivity index (χ3n) is 4.57. The average Bonchev–Trinajstić information content (AvgIpc) is 3.15. The van der Waals surface area contributed by atoms with E-state index in [0.29, 0.717) is 24.7 Å². The number of benzene rings is 1. The number of hydrogen-bond acceptors (Lipinski definition) is 4. The lowest BCUT2D eigenvalue weighted by Crippen LogP contribution is -2.39. The molecule has 144 valence electrons. The van der Waals surface area contributed by atoms with E-state index >= 15 is 0 Å². The molecule has 1 aliphatic heterocycles. The molecular weight excluding hydrogens is 342 g/mol. The van der Waals surface area contributed by atoms with E-state index in [2.05, 4.69) is 42.5 Å². The summed E-state index contributed by atoms with van der Waals surface area (Å²) in [4.78, 5) is 14.0. The van der Waals surface area contributed by atoms with Gasteiger partial charge in [-0.15, -0.1) is 0 Å². The number of urea groups is 1. The number of likely N-dealkylation sites (tertiary alicyclic amines) is 1. The van der Waals surface area contributed by atoms with Crippen molar-refractivity contribution in [3.63, 3.8) is 0 Å². The van der Waals surface area contributed by atoms with E-state index in [1.807, 2.05) is 17.0 Å². The number of rotatable bonds is 6. The molecule has 2 aromatic rings. The van der Waals surface area contributed by atoms with Crippen LogP contribution in [0.1, 0.15) is 38.7 Å². The molecule has 1 aromatic carbocycles. The summed E-state index contributed by atoms with van der Waals surface area (Å²) >= 11 is 0. The largest absolute Gasteiger partial charge is 0.494 e. The van der Waals surface area contributed by atoms with Gasteiger partial charge in [0, 0.05) is 13.1 Å². The number of nitrogens with zero attached hydrogens (tertiary/aromatic N) is 2. The summed E-state index contributed by atoms with van der Waals surface area (Å²) in [5, 5.41) is 6.37. The second kappa shape index (κ2) is 9.26. The lowest BCUT2D eigenvalue weighted by molar-refractivity contribution is 0.208. The van der Waals surface area contributed by atoms with Gasteiger partial charge in [0.05, 0.1) is 12.8 Å². The van der Waals surface area contributed by atoms with Crippen LogP contribution in [0.15, 0.2) is 46.8 Å². The quantitative estimate of drug-likeness (QED) is 0.793. The third kappa shape index (κ3) is 5.88. The van der Waals surface area contributed by atoms with Crippen LogP contribution in [0.5, 0.6) is 5.75 Å². The maximum absolute atomic E-state index is 12.2. The van der Waals surface area contributed by atoms with Crippen molar-refractivity contribution in [2.24, 2.45) is 5.92 Å². The molecule has 1 saturated heterocycles.